The van der Waals surface area contributed by atoms with E-state index in [9.17, 15) is 4.79 Å². The number of esters is 1. The Balaban J connectivity index is 2.10. The van der Waals surface area contributed by atoms with Crippen molar-refractivity contribution in [2.24, 2.45) is 5.41 Å². The van der Waals surface area contributed by atoms with E-state index in [2.05, 4.69) is 36.7 Å². The zero-order chi connectivity index (χ0) is 15.0. The number of ether oxygens (including phenoxy) is 1. The SMILES string of the molecule is CC(=O)O[C@@H]1c2ccccc2N[C@@H](c2cccs2)C1(C)C. The second kappa shape index (κ2) is 5.19. The molecule has 0 spiro atoms. The predicted molar refractivity (Wildman–Crippen MR) is 85.4 cm³/mol. The van der Waals surface area contributed by atoms with Crippen LogP contribution in [-0.2, 0) is 9.53 Å². The second-order valence-electron chi connectivity index (χ2n) is 5.99. The molecule has 4 heteroatoms. The van der Waals surface area contributed by atoms with Gasteiger partial charge >= 0.3 is 5.97 Å². The van der Waals surface area contributed by atoms with E-state index in [1.165, 1.54) is 11.8 Å². The summed E-state index contributed by atoms with van der Waals surface area (Å²) in [6.07, 6.45) is -0.250. The largest absolute Gasteiger partial charge is 0.457 e. The first-order valence-corrected chi connectivity index (χ1v) is 7.94. The lowest BCUT2D eigenvalue weighted by molar-refractivity contribution is -0.154. The van der Waals surface area contributed by atoms with Crippen LogP contribution in [0.5, 0.6) is 0 Å². The molecule has 1 aromatic carbocycles. The lowest BCUT2D eigenvalue weighted by atomic mass is 9.72. The van der Waals surface area contributed by atoms with Crippen molar-refractivity contribution < 1.29 is 9.53 Å². The molecule has 110 valence electrons. The van der Waals surface area contributed by atoms with Gasteiger partial charge in [-0.05, 0) is 17.5 Å². The summed E-state index contributed by atoms with van der Waals surface area (Å²) in [5, 5.41) is 5.69. The molecule has 0 bridgehead atoms. The van der Waals surface area contributed by atoms with Gasteiger partial charge in [-0.15, -0.1) is 11.3 Å². The smallest absolute Gasteiger partial charge is 0.303 e. The Bertz CT molecular complexity index is 649. The molecule has 0 saturated carbocycles. The molecule has 1 aliphatic rings. The maximum atomic E-state index is 11.6. The van der Waals surface area contributed by atoms with Crippen molar-refractivity contribution in [3.05, 3.63) is 52.2 Å². The number of hydrogen-bond donors (Lipinski definition) is 1. The van der Waals surface area contributed by atoms with Crippen LogP contribution in [0.4, 0.5) is 5.69 Å². The van der Waals surface area contributed by atoms with Gasteiger partial charge < -0.3 is 10.1 Å². The van der Waals surface area contributed by atoms with Crippen LogP contribution in [0.1, 0.15) is 43.4 Å². The Morgan fingerprint density at radius 3 is 2.67 bits per heavy atom. The molecule has 2 atom stereocenters. The normalized spacial score (nSPS) is 23.0. The number of carbonyl (C=O) groups is 1. The quantitative estimate of drug-likeness (QED) is 0.827. The third-order valence-corrected chi connectivity index (χ3v) is 5.01. The van der Waals surface area contributed by atoms with Crippen molar-refractivity contribution >= 4 is 23.0 Å². The van der Waals surface area contributed by atoms with Gasteiger partial charge in [-0.3, -0.25) is 4.79 Å². The Labute approximate surface area is 129 Å². The van der Waals surface area contributed by atoms with Crippen LogP contribution < -0.4 is 5.32 Å². The van der Waals surface area contributed by atoms with E-state index in [-0.39, 0.29) is 23.5 Å². The van der Waals surface area contributed by atoms with Crippen molar-refractivity contribution in [1.82, 2.24) is 0 Å². The fraction of sp³-hybridized carbons (Fsp3) is 0.353. The van der Waals surface area contributed by atoms with Crippen LogP contribution in [0.3, 0.4) is 0 Å². The highest BCUT2D eigenvalue weighted by Crippen LogP contribution is 2.53. The maximum Gasteiger partial charge on any atom is 0.303 e. The van der Waals surface area contributed by atoms with Crippen LogP contribution in [0.15, 0.2) is 41.8 Å². The summed E-state index contributed by atoms with van der Waals surface area (Å²) in [5.74, 6) is -0.241. The molecule has 0 saturated heterocycles. The van der Waals surface area contributed by atoms with Gasteiger partial charge in [-0.2, -0.15) is 0 Å². The lowest BCUT2D eigenvalue weighted by Gasteiger charge is -2.45. The molecule has 21 heavy (non-hydrogen) atoms. The minimum Gasteiger partial charge on any atom is -0.457 e. The number of para-hydroxylation sites is 1. The van der Waals surface area contributed by atoms with E-state index in [0.29, 0.717) is 0 Å². The minimum atomic E-state index is -0.250. The number of carbonyl (C=O) groups excluding carboxylic acids is 1. The van der Waals surface area contributed by atoms with Crippen LogP contribution in [0.2, 0.25) is 0 Å². The van der Waals surface area contributed by atoms with Gasteiger partial charge in [0.05, 0.1) is 6.04 Å². The van der Waals surface area contributed by atoms with Crippen LogP contribution >= 0.6 is 11.3 Å². The molecule has 0 unspecified atom stereocenters. The zero-order valence-corrected chi connectivity index (χ0v) is 13.2. The summed E-state index contributed by atoms with van der Waals surface area (Å²) in [6, 6.07) is 12.4. The predicted octanol–water partition coefficient (Wildman–Crippen LogP) is 4.55. The molecule has 1 N–H and O–H groups in total. The van der Waals surface area contributed by atoms with Gasteiger partial charge in [0.2, 0.25) is 0 Å². The van der Waals surface area contributed by atoms with Crippen molar-refractivity contribution in [2.75, 3.05) is 5.32 Å². The molecule has 0 aliphatic carbocycles. The van der Waals surface area contributed by atoms with E-state index in [1.807, 2.05) is 24.3 Å². The van der Waals surface area contributed by atoms with E-state index in [0.717, 1.165) is 11.3 Å². The average molecular weight is 301 g/mol. The molecule has 0 radical (unpaired) electrons. The first-order chi connectivity index (χ1) is 10.00. The molecule has 0 fully saturated rings. The molecule has 1 aromatic heterocycles. The van der Waals surface area contributed by atoms with Crippen LogP contribution in [-0.4, -0.2) is 5.97 Å². The standard InChI is InChI=1S/C17H19NO2S/c1-11(19)20-16-12-7-4-5-8-13(12)18-15(17(16,2)3)14-9-6-10-21-14/h4-10,15-16,18H,1-3H3/t15-,16+/m0/s1. The Morgan fingerprint density at radius 1 is 1.24 bits per heavy atom. The van der Waals surface area contributed by atoms with Gasteiger partial charge in [-0.1, -0.05) is 38.1 Å². The summed E-state index contributed by atoms with van der Waals surface area (Å²) >= 11 is 1.72. The topological polar surface area (TPSA) is 38.3 Å². The molecule has 0 amide bonds. The van der Waals surface area contributed by atoms with Crippen molar-refractivity contribution in [2.45, 2.75) is 32.9 Å². The Morgan fingerprint density at radius 2 is 2.00 bits per heavy atom. The number of hydrogen-bond acceptors (Lipinski definition) is 4. The van der Waals surface area contributed by atoms with E-state index in [4.69, 9.17) is 4.74 Å². The molecule has 1 aliphatic heterocycles. The minimum absolute atomic E-state index is 0.122. The zero-order valence-electron chi connectivity index (χ0n) is 12.4. The fourth-order valence-corrected chi connectivity index (χ4v) is 4.00. The van der Waals surface area contributed by atoms with Crippen molar-refractivity contribution in [1.29, 1.82) is 0 Å². The van der Waals surface area contributed by atoms with Crippen LogP contribution in [0, 0.1) is 5.41 Å². The van der Waals surface area contributed by atoms with Gasteiger partial charge in [0, 0.05) is 28.5 Å². The maximum absolute atomic E-state index is 11.6. The molecule has 3 rings (SSSR count). The molecular formula is C17H19NO2S. The average Bonchev–Trinajstić information content (AvgIpc) is 2.95. The van der Waals surface area contributed by atoms with Crippen LogP contribution in [0.25, 0.3) is 0 Å². The second-order valence-corrected chi connectivity index (χ2v) is 6.97. The highest BCUT2D eigenvalue weighted by Gasteiger charge is 2.46. The highest BCUT2D eigenvalue weighted by atomic mass is 32.1. The van der Waals surface area contributed by atoms with E-state index >= 15 is 0 Å². The van der Waals surface area contributed by atoms with Gasteiger partial charge in [0.1, 0.15) is 6.10 Å². The fourth-order valence-electron chi connectivity index (χ4n) is 3.03. The number of anilines is 1. The summed E-state index contributed by atoms with van der Waals surface area (Å²) in [7, 11) is 0. The summed E-state index contributed by atoms with van der Waals surface area (Å²) < 4.78 is 5.69. The van der Waals surface area contributed by atoms with Crippen molar-refractivity contribution in [3.63, 3.8) is 0 Å². The number of rotatable bonds is 2. The Kier molecular flexibility index (Phi) is 3.49. The number of benzene rings is 1. The first-order valence-electron chi connectivity index (χ1n) is 7.06. The van der Waals surface area contributed by atoms with E-state index in [1.54, 1.807) is 11.3 Å². The van der Waals surface area contributed by atoms with Crippen molar-refractivity contribution in [3.8, 4) is 0 Å². The lowest BCUT2D eigenvalue weighted by Crippen LogP contribution is -2.40. The van der Waals surface area contributed by atoms with E-state index < -0.39 is 0 Å². The number of fused-ring (bicyclic) bond motifs is 1. The first kappa shape index (κ1) is 14.1. The monoisotopic (exact) mass is 301 g/mol. The highest BCUT2D eigenvalue weighted by molar-refractivity contribution is 7.10. The van der Waals surface area contributed by atoms with Gasteiger partial charge in [-0.25, -0.2) is 0 Å². The summed E-state index contributed by atoms with van der Waals surface area (Å²) in [6.45, 7) is 5.77. The molecule has 2 aromatic rings. The molecular weight excluding hydrogens is 282 g/mol. The summed E-state index contributed by atoms with van der Waals surface area (Å²) in [4.78, 5) is 12.8. The summed E-state index contributed by atoms with van der Waals surface area (Å²) in [5.41, 5.74) is 1.86. The third kappa shape index (κ3) is 2.44. The van der Waals surface area contributed by atoms with Gasteiger partial charge in [0.25, 0.3) is 0 Å². The number of nitrogens with one attached hydrogen (secondary N) is 1. The third-order valence-electron chi connectivity index (χ3n) is 4.07. The molecule has 2 heterocycles. The number of thiophene rings is 1. The van der Waals surface area contributed by atoms with Gasteiger partial charge in [0.15, 0.2) is 0 Å². The molecule has 3 nitrogen and oxygen atoms in total. The Hall–Kier alpha value is -1.81.